The van der Waals surface area contributed by atoms with E-state index in [4.69, 9.17) is 12.2 Å². The third-order valence-corrected chi connectivity index (χ3v) is 3.30. The van der Waals surface area contributed by atoms with Crippen molar-refractivity contribution in [3.05, 3.63) is 17.4 Å². The van der Waals surface area contributed by atoms with Crippen LogP contribution in [0, 0.1) is 12.3 Å². The molecule has 0 aromatic carbocycles. The van der Waals surface area contributed by atoms with E-state index in [2.05, 4.69) is 21.2 Å². The van der Waals surface area contributed by atoms with Gasteiger partial charge in [0.25, 0.3) is 5.91 Å². The van der Waals surface area contributed by atoms with Gasteiger partial charge in [-0.25, -0.2) is 9.97 Å². The number of aromatic nitrogens is 2. The summed E-state index contributed by atoms with van der Waals surface area (Å²) in [5, 5.41) is 3.41. The van der Waals surface area contributed by atoms with E-state index in [9.17, 15) is 4.79 Å². The van der Waals surface area contributed by atoms with Gasteiger partial charge in [0.1, 0.15) is 16.0 Å². The van der Waals surface area contributed by atoms with Crippen LogP contribution in [0.25, 0.3) is 10.2 Å². The Kier molecular flexibility index (Phi) is 3.21. The van der Waals surface area contributed by atoms with Crippen LogP contribution >= 0.6 is 11.3 Å². The molecule has 5 nitrogen and oxygen atoms in total. The Bertz CT molecular complexity index is 599. The highest BCUT2D eigenvalue weighted by molar-refractivity contribution is 7.21. The fourth-order valence-electron chi connectivity index (χ4n) is 1.36. The van der Waals surface area contributed by atoms with E-state index in [1.165, 1.54) is 17.7 Å². The minimum Gasteiger partial charge on any atom is -0.397 e. The van der Waals surface area contributed by atoms with Crippen LogP contribution in [-0.4, -0.2) is 22.4 Å². The van der Waals surface area contributed by atoms with Crippen molar-refractivity contribution in [1.29, 1.82) is 0 Å². The average Bonchev–Trinajstić information content (AvgIpc) is 2.68. The van der Waals surface area contributed by atoms with Gasteiger partial charge in [-0.05, 0) is 0 Å². The normalized spacial score (nSPS) is 10.1. The number of amides is 1. The van der Waals surface area contributed by atoms with E-state index in [0.29, 0.717) is 33.7 Å². The Balaban J connectivity index is 2.27. The summed E-state index contributed by atoms with van der Waals surface area (Å²) in [7, 11) is 0. The molecule has 2 heterocycles. The number of hydrogen-bond acceptors (Lipinski definition) is 5. The molecule has 0 atom stereocenters. The van der Waals surface area contributed by atoms with Crippen LogP contribution in [0.4, 0.5) is 5.69 Å². The van der Waals surface area contributed by atoms with Gasteiger partial charge in [-0.15, -0.1) is 23.7 Å². The van der Waals surface area contributed by atoms with Crippen LogP contribution in [0.2, 0.25) is 0 Å². The minimum atomic E-state index is -0.222. The molecular formula is C11H10N4OS. The molecule has 1 amide bonds. The van der Waals surface area contributed by atoms with Gasteiger partial charge in [-0.2, -0.15) is 0 Å². The number of anilines is 1. The topological polar surface area (TPSA) is 80.9 Å². The number of nitrogens with zero attached hydrogens (tertiary/aromatic N) is 2. The number of thiophene rings is 1. The molecule has 0 saturated carbocycles. The fourth-order valence-corrected chi connectivity index (χ4v) is 2.31. The molecule has 0 aliphatic carbocycles. The molecule has 0 radical (unpaired) electrons. The van der Waals surface area contributed by atoms with E-state index in [-0.39, 0.29) is 5.91 Å². The van der Waals surface area contributed by atoms with Gasteiger partial charge in [-0.1, -0.05) is 0 Å². The van der Waals surface area contributed by atoms with Crippen LogP contribution < -0.4 is 11.1 Å². The van der Waals surface area contributed by atoms with Crippen LogP contribution in [0.3, 0.4) is 0 Å². The predicted molar refractivity (Wildman–Crippen MR) is 67.6 cm³/mol. The Morgan fingerprint density at radius 2 is 2.47 bits per heavy atom. The third-order valence-electron chi connectivity index (χ3n) is 2.17. The molecule has 0 saturated heterocycles. The summed E-state index contributed by atoms with van der Waals surface area (Å²) in [5.74, 6) is 2.23. The summed E-state index contributed by atoms with van der Waals surface area (Å²) in [4.78, 5) is 20.9. The second kappa shape index (κ2) is 4.80. The van der Waals surface area contributed by atoms with Crippen molar-refractivity contribution in [3.63, 3.8) is 0 Å². The number of carbonyl (C=O) groups excluding carboxylic acids is 1. The van der Waals surface area contributed by atoms with E-state index in [0.717, 1.165) is 0 Å². The lowest BCUT2D eigenvalue weighted by atomic mass is 10.3. The first kappa shape index (κ1) is 11.4. The maximum atomic E-state index is 11.8. The first-order valence-electron chi connectivity index (χ1n) is 4.93. The molecule has 0 aliphatic heterocycles. The molecule has 86 valence electrons. The Labute approximate surface area is 102 Å². The molecule has 0 unspecified atom stereocenters. The summed E-state index contributed by atoms with van der Waals surface area (Å²) < 4.78 is 0. The predicted octanol–water partition coefficient (Wildman–Crippen LogP) is 1.03. The lowest BCUT2D eigenvalue weighted by molar-refractivity contribution is 0.0959. The van der Waals surface area contributed by atoms with Crippen LogP contribution in [-0.2, 0) is 0 Å². The van der Waals surface area contributed by atoms with E-state index < -0.39 is 0 Å². The number of terminal acetylenes is 1. The highest BCUT2D eigenvalue weighted by atomic mass is 32.1. The van der Waals surface area contributed by atoms with Crippen molar-refractivity contribution < 1.29 is 4.79 Å². The second-order valence-electron chi connectivity index (χ2n) is 3.30. The summed E-state index contributed by atoms with van der Waals surface area (Å²) in [5.41, 5.74) is 6.29. The number of hydrogen-bond donors (Lipinski definition) is 2. The Hall–Kier alpha value is -2.13. The molecule has 0 bridgehead atoms. The number of carbonyl (C=O) groups is 1. The molecule has 3 N–H and O–H groups in total. The highest BCUT2D eigenvalue weighted by Crippen LogP contribution is 2.31. The molecule has 2 aromatic heterocycles. The number of nitrogens with one attached hydrogen (secondary N) is 1. The third kappa shape index (κ3) is 2.19. The van der Waals surface area contributed by atoms with Gasteiger partial charge in [0.2, 0.25) is 0 Å². The smallest absolute Gasteiger partial charge is 0.263 e. The zero-order valence-electron chi connectivity index (χ0n) is 8.93. The maximum Gasteiger partial charge on any atom is 0.263 e. The fraction of sp³-hybridized carbons (Fsp3) is 0.182. The van der Waals surface area contributed by atoms with Crippen LogP contribution in [0.5, 0.6) is 0 Å². The van der Waals surface area contributed by atoms with Gasteiger partial charge in [0, 0.05) is 19.2 Å². The van der Waals surface area contributed by atoms with Crippen molar-refractivity contribution in [3.8, 4) is 12.3 Å². The molecule has 0 spiro atoms. The van der Waals surface area contributed by atoms with Crippen molar-refractivity contribution in [1.82, 2.24) is 15.3 Å². The van der Waals surface area contributed by atoms with Crippen LogP contribution in [0.15, 0.2) is 12.5 Å². The summed E-state index contributed by atoms with van der Waals surface area (Å²) in [6.07, 6.45) is 8.63. The molecule has 2 rings (SSSR count). The first-order chi connectivity index (χ1) is 8.24. The van der Waals surface area contributed by atoms with Gasteiger partial charge < -0.3 is 11.1 Å². The molecule has 0 aliphatic rings. The maximum absolute atomic E-state index is 11.8. The molecule has 17 heavy (non-hydrogen) atoms. The number of fused-ring (bicyclic) bond motifs is 1. The monoisotopic (exact) mass is 246 g/mol. The lowest BCUT2D eigenvalue weighted by Crippen LogP contribution is -2.23. The van der Waals surface area contributed by atoms with Gasteiger partial charge in [0.05, 0.1) is 11.1 Å². The molecule has 6 heteroatoms. The lowest BCUT2D eigenvalue weighted by Gasteiger charge is -2.00. The standard InChI is InChI=1S/C11H10N4OS/c1-2-3-4-14-10(16)9-8(12)7-5-13-6-15-11(7)17-9/h1,5-6H,3-4,12H2,(H,14,16). The van der Waals surface area contributed by atoms with Gasteiger partial charge in [0.15, 0.2) is 0 Å². The second-order valence-corrected chi connectivity index (χ2v) is 4.30. The summed E-state index contributed by atoms with van der Waals surface area (Å²) in [6.45, 7) is 0.439. The van der Waals surface area contributed by atoms with E-state index >= 15 is 0 Å². The zero-order valence-corrected chi connectivity index (χ0v) is 9.75. The molecule has 2 aromatic rings. The SMILES string of the molecule is C#CCCNC(=O)c1sc2ncncc2c1N. The summed E-state index contributed by atoms with van der Waals surface area (Å²) in [6, 6.07) is 0. The average molecular weight is 246 g/mol. The van der Waals surface area contributed by atoms with Crippen LogP contribution in [0.1, 0.15) is 16.1 Å². The number of rotatable bonds is 3. The van der Waals surface area contributed by atoms with Gasteiger partial charge in [-0.3, -0.25) is 4.79 Å². The quantitative estimate of drug-likeness (QED) is 0.626. The van der Waals surface area contributed by atoms with Gasteiger partial charge >= 0.3 is 0 Å². The Morgan fingerprint density at radius 3 is 3.18 bits per heavy atom. The zero-order chi connectivity index (χ0) is 12.3. The van der Waals surface area contributed by atoms with Crippen molar-refractivity contribution >= 4 is 33.1 Å². The summed E-state index contributed by atoms with van der Waals surface area (Å²) >= 11 is 1.25. The molecule has 0 fully saturated rings. The molecular weight excluding hydrogens is 236 g/mol. The minimum absolute atomic E-state index is 0.222. The largest absolute Gasteiger partial charge is 0.397 e. The van der Waals surface area contributed by atoms with Crippen molar-refractivity contribution in [2.75, 3.05) is 12.3 Å². The van der Waals surface area contributed by atoms with E-state index in [1.54, 1.807) is 6.20 Å². The first-order valence-corrected chi connectivity index (χ1v) is 5.75. The highest BCUT2D eigenvalue weighted by Gasteiger charge is 2.16. The van der Waals surface area contributed by atoms with E-state index in [1.807, 2.05) is 0 Å². The number of nitrogen functional groups attached to an aromatic ring is 1. The number of nitrogens with two attached hydrogens (primary N) is 1. The van der Waals surface area contributed by atoms with Crippen molar-refractivity contribution in [2.24, 2.45) is 0 Å². The van der Waals surface area contributed by atoms with Crippen molar-refractivity contribution in [2.45, 2.75) is 6.42 Å². The Morgan fingerprint density at radius 1 is 1.65 bits per heavy atom.